The minimum atomic E-state index is -0.106. The van der Waals surface area contributed by atoms with E-state index in [4.69, 9.17) is 10.2 Å². The third-order valence-corrected chi connectivity index (χ3v) is 3.36. The first-order chi connectivity index (χ1) is 8.70. The highest BCUT2D eigenvalue weighted by Crippen LogP contribution is 2.13. The number of furan rings is 1. The summed E-state index contributed by atoms with van der Waals surface area (Å²) in [7, 11) is 1.73. The standard InChI is InChI=1S/C12H15N3O2S/c1-15(7-9-3-2-6-17-9)12(16)10-8-18-11(14-10)4-5-13/h2-3,6,8H,4-5,7,13H2,1H3. The van der Waals surface area contributed by atoms with Crippen molar-refractivity contribution < 1.29 is 9.21 Å². The molecule has 6 heteroatoms. The lowest BCUT2D eigenvalue weighted by atomic mass is 10.3. The number of hydrogen-bond acceptors (Lipinski definition) is 5. The quantitative estimate of drug-likeness (QED) is 0.889. The van der Waals surface area contributed by atoms with Crippen LogP contribution in [0.3, 0.4) is 0 Å². The molecule has 18 heavy (non-hydrogen) atoms. The van der Waals surface area contributed by atoms with Crippen molar-refractivity contribution in [1.82, 2.24) is 9.88 Å². The van der Waals surface area contributed by atoms with E-state index in [0.717, 1.165) is 10.8 Å². The van der Waals surface area contributed by atoms with Gasteiger partial charge < -0.3 is 15.1 Å². The Bertz CT molecular complexity index is 507. The summed E-state index contributed by atoms with van der Waals surface area (Å²) in [5.74, 6) is 0.647. The van der Waals surface area contributed by atoms with Crippen molar-refractivity contribution in [2.45, 2.75) is 13.0 Å². The Hall–Kier alpha value is -1.66. The molecule has 0 aliphatic rings. The number of carbonyl (C=O) groups is 1. The number of hydrogen-bond donors (Lipinski definition) is 1. The van der Waals surface area contributed by atoms with E-state index in [1.807, 2.05) is 6.07 Å². The van der Waals surface area contributed by atoms with Crippen LogP contribution in [0.4, 0.5) is 0 Å². The van der Waals surface area contributed by atoms with Crippen molar-refractivity contribution in [2.24, 2.45) is 5.73 Å². The zero-order valence-electron chi connectivity index (χ0n) is 10.1. The third kappa shape index (κ3) is 2.96. The van der Waals surface area contributed by atoms with Gasteiger partial charge in [-0.25, -0.2) is 4.98 Å². The van der Waals surface area contributed by atoms with Crippen molar-refractivity contribution in [1.29, 1.82) is 0 Å². The lowest BCUT2D eigenvalue weighted by Crippen LogP contribution is -2.26. The van der Waals surface area contributed by atoms with Gasteiger partial charge in [-0.1, -0.05) is 0 Å². The van der Waals surface area contributed by atoms with Crippen molar-refractivity contribution >= 4 is 17.2 Å². The zero-order chi connectivity index (χ0) is 13.0. The van der Waals surface area contributed by atoms with Crippen LogP contribution in [0, 0.1) is 0 Å². The van der Waals surface area contributed by atoms with Crippen molar-refractivity contribution in [3.05, 3.63) is 40.2 Å². The molecule has 2 aromatic heterocycles. The largest absolute Gasteiger partial charge is 0.467 e. The van der Waals surface area contributed by atoms with E-state index in [9.17, 15) is 4.79 Å². The minimum Gasteiger partial charge on any atom is -0.467 e. The van der Waals surface area contributed by atoms with Crippen molar-refractivity contribution in [2.75, 3.05) is 13.6 Å². The highest BCUT2D eigenvalue weighted by atomic mass is 32.1. The van der Waals surface area contributed by atoms with Crippen LogP contribution >= 0.6 is 11.3 Å². The van der Waals surface area contributed by atoms with Crippen LogP contribution in [-0.2, 0) is 13.0 Å². The maximum Gasteiger partial charge on any atom is 0.273 e. The molecule has 5 nitrogen and oxygen atoms in total. The van der Waals surface area contributed by atoms with Gasteiger partial charge in [-0.05, 0) is 18.7 Å². The predicted octanol–water partition coefficient (Wildman–Crippen LogP) is 1.51. The van der Waals surface area contributed by atoms with Crippen LogP contribution < -0.4 is 5.73 Å². The van der Waals surface area contributed by atoms with Crippen LogP contribution in [0.2, 0.25) is 0 Å². The molecule has 0 aliphatic heterocycles. The van der Waals surface area contributed by atoms with Gasteiger partial charge in [0.15, 0.2) is 0 Å². The summed E-state index contributed by atoms with van der Waals surface area (Å²) in [6.45, 7) is 0.985. The van der Waals surface area contributed by atoms with Crippen molar-refractivity contribution in [3.8, 4) is 0 Å². The SMILES string of the molecule is CN(Cc1ccco1)C(=O)c1csc(CCN)n1. The van der Waals surface area contributed by atoms with Crippen molar-refractivity contribution in [3.63, 3.8) is 0 Å². The summed E-state index contributed by atoms with van der Waals surface area (Å²) in [6.07, 6.45) is 2.30. The molecule has 0 atom stereocenters. The maximum atomic E-state index is 12.1. The zero-order valence-corrected chi connectivity index (χ0v) is 10.9. The van der Waals surface area contributed by atoms with Gasteiger partial charge in [-0.3, -0.25) is 4.79 Å². The lowest BCUT2D eigenvalue weighted by Gasteiger charge is -2.13. The molecule has 0 saturated heterocycles. The Balaban J connectivity index is 2.01. The second-order valence-electron chi connectivity index (χ2n) is 3.91. The average Bonchev–Trinajstić information content (AvgIpc) is 3.00. The number of thiazole rings is 1. The number of amides is 1. The van der Waals surface area contributed by atoms with Gasteiger partial charge in [-0.2, -0.15) is 0 Å². The van der Waals surface area contributed by atoms with Gasteiger partial charge >= 0.3 is 0 Å². The molecule has 0 fully saturated rings. The highest BCUT2D eigenvalue weighted by Gasteiger charge is 2.16. The van der Waals surface area contributed by atoms with Gasteiger partial charge in [0, 0.05) is 18.8 Å². The second-order valence-corrected chi connectivity index (χ2v) is 4.85. The Morgan fingerprint density at radius 2 is 2.44 bits per heavy atom. The molecule has 0 saturated carbocycles. The monoisotopic (exact) mass is 265 g/mol. The van der Waals surface area contributed by atoms with E-state index in [-0.39, 0.29) is 5.91 Å². The third-order valence-electron chi connectivity index (χ3n) is 2.45. The van der Waals surface area contributed by atoms with E-state index >= 15 is 0 Å². The van der Waals surface area contributed by atoms with Gasteiger partial charge in [0.2, 0.25) is 0 Å². The smallest absolute Gasteiger partial charge is 0.273 e. The van der Waals surface area contributed by atoms with Gasteiger partial charge in [0.25, 0.3) is 5.91 Å². The Kier molecular flexibility index (Phi) is 4.11. The number of nitrogens with zero attached hydrogens (tertiary/aromatic N) is 2. The van der Waals surface area contributed by atoms with E-state index in [0.29, 0.717) is 25.2 Å². The Morgan fingerprint density at radius 3 is 3.11 bits per heavy atom. The number of aromatic nitrogens is 1. The molecule has 2 N–H and O–H groups in total. The number of nitrogens with two attached hydrogens (primary N) is 1. The molecule has 1 amide bonds. The first-order valence-electron chi connectivity index (χ1n) is 5.63. The van der Waals surface area contributed by atoms with Crippen LogP contribution in [0.1, 0.15) is 21.3 Å². The number of rotatable bonds is 5. The minimum absolute atomic E-state index is 0.106. The maximum absolute atomic E-state index is 12.1. The summed E-state index contributed by atoms with van der Waals surface area (Å²) in [5, 5.41) is 2.67. The van der Waals surface area contributed by atoms with Gasteiger partial charge in [-0.15, -0.1) is 11.3 Å². The first-order valence-corrected chi connectivity index (χ1v) is 6.51. The first kappa shape index (κ1) is 12.8. The van der Waals surface area contributed by atoms with Crippen LogP contribution in [0.25, 0.3) is 0 Å². The molecule has 2 aromatic rings. The highest BCUT2D eigenvalue weighted by molar-refractivity contribution is 7.09. The van der Waals surface area contributed by atoms with Crippen LogP contribution in [0.5, 0.6) is 0 Å². The lowest BCUT2D eigenvalue weighted by molar-refractivity contribution is 0.0770. The summed E-state index contributed by atoms with van der Waals surface area (Å²) in [6, 6.07) is 3.64. The second kappa shape index (κ2) is 5.79. The molecular weight excluding hydrogens is 250 g/mol. The number of carbonyl (C=O) groups excluding carboxylic acids is 1. The van der Waals surface area contributed by atoms with E-state index in [2.05, 4.69) is 4.98 Å². The average molecular weight is 265 g/mol. The molecule has 96 valence electrons. The molecular formula is C12H15N3O2S. The summed E-state index contributed by atoms with van der Waals surface area (Å²) >= 11 is 1.47. The summed E-state index contributed by atoms with van der Waals surface area (Å²) in [5.41, 5.74) is 5.92. The predicted molar refractivity (Wildman–Crippen MR) is 69.4 cm³/mol. The fourth-order valence-corrected chi connectivity index (χ4v) is 2.34. The molecule has 2 rings (SSSR count). The van der Waals surface area contributed by atoms with E-state index in [1.54, 1.807) is 29.7 Å². The van der Waals surface area contributed by atoms with Gasteiger partial charge in [0.1, 0.15) is 11.5 Å². The molecule has 0 aromatic carbocycles. The van der Waals surface area contributed by atoms with E-state index in [1.165, 1.54) is 11.3 Å². The fraction of sp³-hybridized carbons (Fsp3) is 0.333. The molecule has 2 heterocycles. The molecule has 0 aliphatic carbocycles. The van der Waals surface area contributed by atoms with Gasteiger partial charge in [0.05, 0.1) is 17.8 Å². The topological polar surface area (TPSA) is 72.4 Å². The van der Waals surface area contributed by atoms with Crippen LogP contribution in [0.15, 0.2) is 28.2 Å². The summed E-state index contributed by atoms with van der Waals surface area (Å²) < 4.78 is 5.21. The molecule has 0 radical (unpaired) electrons. The molecule has 0 spiro atoms. The molecule has 0 unspecified atom stereocenters. The summed E-state index contributed by atoms with van der Waals surface area (Å²) in [4.78, 5) is 17.9. The normalized spacial score (nSPS) is 10.6. The molecule has 0 bridgehead atoms. The Morgan fingerprint density at radius 1 is 1.61 bits per heavy atom. The fourth-order valence-electron chi connectivity index (χ4n) is 1.55. The van der Waals surface area contributed by atoms with Crippen LogP contribution in [-0.4, -0.2) is 29.4 Å². The Labute approximate surface area is 109 Å². The van der Waals surface area contributed by atoms with E-state index < -0.39 is 0 Å².